The van der Waals surface area contributed by atoms with Crippen molar-refractivity contribution in [2.75, 3.05) is 20.3 Å². The van der Waals surface area contributed by atoms with E-state index in [1.54, 1.807) is 25.1 Å². The molecule has 0 saturated carbocycles. The van der Waals surface area contributed by atoms with Crippen molar-refractivity contribution in [2.24, 2.45) is 0 Å². The van der Waals surface area contributed by atoms with Crippen molar-refractivity contribution in [3.8, 4) is 0 Å². The Morgan fingerprint density at radius 2 is 1.90 bits per heavy atom. The maximum atomic E-state index is 11.8. The Morgan fingerprint density at radius 1 is 1.29 bits per heavy atom. The standard InChI is InChI=1S/C14H17Cl2NO4/c1-3-21-8-13(18)17-12(14(19)20-2)7-9-10(15)5-4-6-11(9)16/h4-6,12H,3,7-8H2,1-2H3,(H,17,18)/t12-/m1/s1. The zero-order chi connectivity index (χ0) is 15.8. The van der Waals surface area contributed by atoms with Gasteiger partial charge in [0.15, 0.2) is 0 Å². The van der Waals surface area contributed by atoms with Gasteiger partial charge in [-0.2, -0.15) is 0 Å². The van der Waals surface area contributed by atoms with Gasteiger partial charge in [0.2, 0.25) is 5.91 Å². The van der Waals surface area contributed by atoms with E-state index < -0.39 is 17.9 Å². The minimum Gasteiger partial charge on any atom is -0.467 e. The largest absolute Gasteiger partial charge is 0.467 e. The van der Waals surface area contributed by atoms with Gasteiger partial charge in [-0.1, -0.05) is 29.3 Å². The monoisotopic (exact) mass is 333 g/mol. The van der Waals surface area contributed by atoms with Crippen LogP contribution in [0.2, 0.25) is 10.0 Å². The molecule has 0 aromatic heterocycles. The number of methoxy groups -OCH3 is 1. The summed E-state index contributed by atoms with van der Waals surface area (Å²) in [5, 5.41) is 3.40. The van der Waals surface area contributed by atoms with Gasteiger partial charge in [-0.15, -0.1) is 0 Å². The molecule has 1 N–H and O–H groups in total. The summed E-state index contributed by atoms with van der Waals surface area (Å²) in [6.07, 6.45) is 0.142. The van der Waals surface area contributed by atoms with Crippen molar-refractivity contribution in [1.82, 2.24) is 5.32 Å². The molecule has 0 spiro atoms. The highest BCUT2D eigenvalue weighted by molar-refractivity contribution is 6.36. The fourth-order valence-corrected chi connectivity index (χ4v) is 2.25. The number of hydrogen-bond donors (Lipinski definition) is 1. The van der Waals surface area contributed by atoms with E-state index in [-0.39, 0.29) is 13.0 Å². The number of carbonyl (C=O) groups is 2. The number of esters is 1. The van der Waals surface area contributed by atoms with Gasteiger partial charge in [-0.05, 0) is 24.6 Å². The molecule has 0 aliphatic carbocycles. The summed E-state index contributed by atoms with van der Waals surface area (Å²) in [6, 6.07) is 4.16. The van der Waals surface area contributed by atoms with Crippen LogP contribution in [0.4, 0.5) is 0 Å². The zero-order valence-corrected chi connectivity index (χ0v) is 13.3. The predicted molar refractivity (Wildman–Crippen MR) is 80.6 cm³/mol. The van der Waals surface area contributed by atoms with Crippen molar-refractivity contribution in [3.05, 3.63) is 33.8 Å². The molecule has 0 saturated heterocycles. The third kappa shape index (κ3) is 5.53. The Kier molecular flexibility index (Phi) is 7.50. The van der Waals surface area contributed by atoms with E-state index in [1.807, 2.05) is 0 Å². The van der Waals surface area contributed by atoms with Crippen molar-refractivity contribution < 1.29 is 19.1 Å². The lowest BCUT2D eigenvalue weighted by Crippen LogP contribution is -2.44. The van der Waals surface area contributed by atoms with E-state index in [1.165, 1.54) is 7.11 Å². The van der Waals surface area contributed by atoms with Gasteiger partial charge in [0, 0.05) is 23.1 Å². The quantitative estimate of drug-likeness (QED) is 0.777. The second-order valence-corrected chi connectivity index (χ2v) is 5.00. The van der Waals surface area contributed by atoms with Crippen LogP contribution >= 0.6 is 23.2 Å². The van der Waals surface area contributed by atoms with Crippen LogP contribution in [0.5, 0.6) is 0 Å². The minimum atomic E-state index is -0.875. The van der Waals surface area contributed by atoms with E-state index in [9.17, 15) is 9.59 Å². The van der Waals surface area contributed by atoms with E-state index in [2.05, 4.69) is 10.1 Å². The smallest absolute Gasteiger partial charge is 0.328 e. The molecule has 1 aromatic carbocycles. The Hall–Kier alpha value is -1.30. The van der Waals surface area contributed by atoms with E-state index in [0.717, 1.165) is 0 Å². The lowest BCUT2D eigenvalue weighted by molar-refractivity contribution is -0.145. The molecule has 5 nitrogen and oxygen atoms in total. The number of ether oxygens (including phenoxy) is 2. The SMILES string of the molecule is CCOCC(=O)N[C@H](Cc1c(Cl)cccc1Cl)C(=O)OC. The average molecular weight is 334 g/mol. The molecular formula is C14H17Cl2NO4. The highest BCUT2D eigenvalue weighted by Gasteiger charge is 2.24. The third-order valence-corrected chi connectivity index (χ3v) is 3.44. The molecule has 0 heterocycles. The van der Waals surface area contributed by atoms with E-state index in [4.69, 9.17) is 27.9 Å². The number of hydrogen-bond acceptors (Lipinski definition) is 4. The van der Waals surface area contributed by atoms with Gasteiger partial charge in [-0.3, -0.25) is 4.79 Å². The van der Waals surface area contributed by atoms with Crippen LogP contribution in [0, 0.1) is 0 Å². The second-order valence-electron chi connectivity index (χ2n) is 4.18. The third-order valence-electron chi connectivity index (χ3n) is 2.73. The first-order chi connectivity index (χ1) is 9.99. The van der Waals surface area contributed by atoms with Gasteiger partial charge in [0.25, 0.3) is 0 Å². The summed E-state index contributed by atoms with van der Waals surface area (Å²) in [5.74, 6) is -0.980. The maximum Gasteiger partial charge on any atom is 0.328 e. The Morgan fingerprint density at radius 3 is 2.43 bits per heavy atom. The number of rotatable bonds is 7. The topological polar surface area (TPSA) is 64.6 Å². The number of nitrogens with one attached hydrogen (secondary N) is 1. The molecule has 0 bridgehead atoms. The summed E-state index contributed by atoms with van der Waals surface area (Å²) in [7, 11) is 1.25. The van der Waals surface area contributed by atoms with Crippen LogP contribution in [0.25, 0.3) is 0 Å². The molecule has 1 atom stereocenters. The normalized spacial score (nSPS) is 11.8. The van der Waals surface area contributed by atoms with Crippen LogP contribution in [-0.2, 0) is 25.5 Å². The van der Waals surface area contributed by atoms with Crippen molar-refractivity contribution in [1.29, 1.82) is 0 Å². The molecule has 1 aromatic rings. The van der Waals surface area contributed by atoms with Gasteiger partial charge in [-0.25, -0.2) is 4.79 Å². The minimum absolute atomic E-state index is 0.125. The maximum absolute atomic E-state index is 11.8. The molecule has 0 unspecified atom stereocenters. The number of benzene rings is 1. The molecule has 0 fully saturated rings. The van der Waals surface area contributed by atoms with Crippen LogP contribution in [0.15, 0.2) is 18.2 Å². The molecular weight excluding hydrogens is 317 g/mol. The van der Waals surface area contributed by atoms with Gasteiger partial charge >= 0.3 is 5.97 Å². The molecule has 0 aliphatic rings. The highest BCUT2D eigenvalue weighted by Crippen LogP contribution is 2.25. The predicted octanol–water partition coefficient (Wildman–Crippen LogP) is 2.23. The van der Waals surface area contributed by atoms with Crippen LogP contribution in [0.3, 0.4) is 0 Å². The summed E-state index contributed by atoms with van der Waals surface area (Å²) in [5.41, 5.74) is 0.577. The van der Waals surface area contributed by atoms with Crippen molar-refractivity contribution in [2.45, 2.75) is 19.4 Å². The first-order valence-corrected chi connectivity index (χ1v) is 7.13. The van der Waals surface area contributed by atoms with E-state index in [0.29, 0.717) is 22.2 Å². The van der Waals surface area contributed by atoms with Gasteiger partial charge < -0.3 is 14.8 Å². The van der Waals surface area contributed by atoms with Crippen molar-refractivity contribution >= 4 is 35.1 Å². The molecule has 0 aliphatic heterocycles. The summed E-state index contributed by atoms with van der Waals surface area (Å²) in [6.45, 7) is 2.06. The Bertz CT molecular complexity index is 487. The molecule has 116 valence electrons. The van der Waals surface area contributed by atoms with Gasteiger partial charge in [0.05, 0.1) is 7.11 Å². The van der Waals surface area contributed by atoms with Crippen LogP contribution in [-0.4, -0.2) is 38.2 Å². The van der Waals surface area contributed by atoms with Gasteiger partial charge in [0.1, 0.15) is 12.6 Å². The Balaban J connectivity index is 2.84. The molecule has 1 amide bonds. The number of amides is 1. The summed E-state index contributed by atoms with van der Waals surface area (Å²) < 4.78 is 9.68. The first kappa shape index (κ1) is 17.8. The average Bonchev–Trinajstić information content (AvgIpc) is 2.47. The second kappa shape index (κ2) is 8.87. The van der Waals surface area contributed by atoms with E-state index >= 15 is 0 Å². The number of carbonyl (C=O) groups excluding carboxylic acids is 2. The highest BCUT2D eigenvalue weighted by atomic mass is 35.5. The molecule has 1 rings (SSSR count). The first-order valence-electron chi connectivity index (χ1n) is 6.37. The summed E-state index contributed by atoms with van der Waals surface area (Å²) in [4.78, 5) is 23.5. The van der Waals surface area contributed by atoms with Crippen molar-refractivity contribution in [3.63, 3.8) is 0 Å². The van der Waals surface area contributed by atoms with Crippen LogP contribution in [0.1, 0.15) is 12.5 Å². The lowest BCUT2D eigenvalue weighted by Gasteiger charge is -2.18. The lowest BCUT2D eigenvalue weighted by atomic mass is 10.1. The molecule has 7 heteroatoms. The molecule has 21 heavy (non-hydrogen) atoms. The molecule has 0 radical (unpaired) electrons. The fraction of sp³-hybridized carbons (Fsp3) is 0.429. The fourth-order valence-electron chi connectivity index (χ4n) is 1.70. The Labute approximate surface area is 133 Å². The summed E-state index contributed by atoms with van der Waals surface area (Å²) >= 11 is 12.1. The van der Waals surface area contributed by atoms with Crippen LogP contribution < -0.4 is 5.32 Å². The zero-order valence-electron chi connectivity index (χ0n) is 11.8. The number of halogens is 2.